The van der Waals surface area contributed by atoms with E-state index >= 15 is 0 Å². The Morgan fingerprint density at radius 2 is 1.24 bits per heavy atom. The minimum atomic E-state index is -0.489. The molecule has 0 saturated heterocycles. The van der Waals surface area contributed by atoms with Crippen molar-refractivity contribution < 1.29 is 13.2 Å². The van der Waals surface area contributed by atoms with E-state index in [9.17, 15) is 13.2 Å². The van der Waals surface area contributed by atoms with E-state index in [1.54, 1.807) is 0 Å². The fraction of sp³-hybridized carbons (Fsp3) is 0. The van der Waals surface area contributed by atoms with Crippen molar-refractivity contribution in [3.8, 4) is 0 Å². The lowest BCUT2D eigenvalue weighted by atomic mass is 10.1. The average molecular weight is 234 g/mol. The third-order valence-corrected chi connectivity index (χ3v) is 2.28. The maximum absolute atomic E-state index is 13.7. The van der Waals surface area contributed by atoms with Crippen molar-refractivity contribution in [3.63, 3.8) is 0 Å². The molecular formula is C14H9F3. The fourth-order valence-electron chi connectivity index (χ4n) is 1.40. The summed E-state index contributed by atoms with van der Waals surface area (Å²) in [6.45, 7) is 0. The van der Waals surface area contributed by atoms with Gasteiger partial charge in [-0.05, 0) is 48.0 Å². The lowest BCUT2D eigenvalue weighted by Crippen LogP contribution is -1.81. The summed E-state index contributed by atoms with van der Waals surface area (Å²) in [7, 11) is 0. The molecule has 0 amide bonds. The molecule has 0 aromatic heterocycles. The van der Waals surface area contributed by atoms with E-state index in [4.69, 9.17) is 0 Å². The lowest BCUT2D eigenvalue weighted by Gasteiger charge is -1.98. The highest BCUT2D eigenvalue weighted by Crippen LogP contribution is 2.19. The van der Waals surface area contributed by atoms with Crippen LogP contribution in [0.1, 0.15) is 11.1 Å². The van der Waals surface area contributed by atoms with E-state index < -0.39 is 11.6 Å². The Bertz CT molecular complexity index is 524. The number of hydrogen-bond donors (Lipinski definition) is 0. The molecule has 2 aromatic carbocycles. The van der Waals surface area contributed by atoms with Gasteiger partial charge >= 0.3 is 0 Å². The van der Waals surface area contributed by atoms with E-state index in [1.165, 1.54) is 54.6 Å². The quantitative estimate of drug-likeness (QED) is 0.674. The third-order valence-electron chi connectivity index (χ3n) is 2.28. The van der Waals surface area contributed by atoms with Crippen LogP contribution in [-0.4, -0.2) is 0 Å². The van der Waals surface area contributed by atoms with Crippen molar-refractivity contribution in [2.45, 2.75) is 0 Å². The Balaban J connectivity index is 2.27. The molecule has 0 spiro atoms. The SMILES string of the molecule is F/C(=C\c1ccc(F)cc1)c1ccc(F)cc1. The van der Waals surface area contributed by atoms with E-state index in [0.717, 1.165) is 0 Å². The fourth-order valence-corrected chi connectivity index (χ4v) is 1.40. The van der Waals surface area contributed by atoms with E-state index in [1.807, 2.05) is 0 Å². The molecule has 3 heteroatoms. The molecule has 0 fully saturated rings. The first-order valence-corrected chi connectivity index (χ1v) is 5.04. The molecule has 0 aliphatic rings. The van der Waals surface area contributed by atoms with Gasteiger partial charge in [0.1, 0.15) is 17.5 Å². The summed E-state index contributed by atoms with van der Waals surface area (Å²) in [5.41, 5.74) is 0.837. The van der Waals surface area contributed by atoms with Crippen LogP contribution in [0.4, 0.5) is 13.2 Å². The number of rotatable bonds is 2. The van der Waals surface area contributed by atoms with E-state index in [-0.39, 0.29) is 11.4 Å². The molecule has 0 heterocycles. The molecule has 0 nitrogen and oxygen atoms in total. The Morgan fingerprint density at radius 3 is 1.76 bits per heavy atom. The summed E-state index contributed by atoms with van der Waals surface area (Å²) in [6.07, 6.45) is 1.27. The second-order valence-electron chi connectivity index (χ2n) is 3.55. The van der Waals surface area contributed by atoms with Crippen LogP contribution >= 0.6 is 0 Å². The van der Waals surface area contributed by atoms with Crippen molar-refractivity contribution in [3.05, 3.63) is 71.3 Å². The molecule has 0 N–H and O–H groups in total. The molecule has 0 bridgehead atoms. The summed E-state index contributed by atoms with van der Waals surface area (Å²) >= 11 is 0. The number of hydrogen-bond acceptors (Lipinski definition) is 0. The van der Waals surface area contributed by atoms with Crippen molar-refractivity contribution in [1.82, 2.24) is 0 Å². The molecule has 0 aliphatic carbocycles. The zero-order valence-electron chi connectivity index (χ0n) is 8.83. The Morgan fingerprint density at radius 1 is 0.765 bits per heavy atom. The molecular weight excluding hydrogens is 225 g/mol. The summed E-state index contributed by atoms with van der Waals surface area (Å²) in [6, 6.07) is 10.5. The molecule has 0 saturated carbocycles. The Hall–Kier alpha value is -2.03. The monoisotopic (exact) mass is 234 g/mol. The second kappa shape index (κ2) is 4.87. The van der Waals surface area contributed by atoms with Crippen LogP contribution in [0.5, 0.6) is 0 Å². The summed E-state index contributed by atoms with van der Waals surface area (Å²) < 4.78 is 39.0. The third kappa shape index (κ3) is 2.97. The normalized spacial score (nSPS) is 11.6. The van der Waals surface area contributed by atoms with Gasteiger partial charge in [-0.25, -0.2) is 13.2 Å². The van der Waals surface area contributed by atoms with Gasteiger partial charge in [-0.3, -0.25) is 0 Å². The molecule has 17 heavy (non-hydrogen) atoms. The van der Waals surface area contributed by atoms with Crippen LogP contribution < -0.4 is 0 Å². The topological polar surface area (TPSA) is 0 Å². The summed E-state index contributed by atoms with van der Waals surface area (Å²) in [5, 5.41) is 0. The van der Waals surface area contributed by atoms with Gasteiger partial charge in [-0.15, -0.1) is 0 Å². The minimum absolute atomic E-state index is 0.288. The van der Waals surface area contributed by atoms with E-state index in [2.05, 4.69) is 0 Å². The predicted molar refractivity (Wildman–Crippen MR) is 61.8 cm³/mol. The van der Waals surface area contributed by atoms with Crippen LogP contribution in [0.25, 0.3) is 11.9 Å². The highest BCUT2D eigenvalue weighted by atomic mass is 19.1. The molecule has 0 atom stereocenters. The smallest absolute Gasteiger partial charge is 0.131 e. The lowest BCUT2D eigenvalue weighted by molar-refractivity contribution is 0.627. The van der Waals surface area contributed by atoms with Gasteiger partial charge < -0.3 is 0 Å². The Labute approximate surface area is 97.0 Å². The standard InChI is InChI=1S/C14H9F3/c15-12-5-1-10(2-6-12)9-14(17)11-3-7-13(16)8-4-11/h1-9H/b14-9-. The van der Waals surface area contributed by atoms with Crippen molar-refractivity contribution >= 4 is 11.9 Å². The van der Waals surface area contributed by atoms with Gasteiger partial charge in [0.15, 0.2) is 0 Å². The zero-order valence-corrected chi connectivity index (χ0v) is 8.83. The van der Waals surface area contributed by atoms with Gasteiger partial charge in [0.2, 0.25) is 0 Å². The van der Waals surface area contributed by atoms with Crippen molar-refractivity contribution in [2.24, 2.45) is 0 Å². The zero-order chi connectivity index (χ0) is 12.3. The number of halogens is 3. The maximum Gasteiger partial charge on any atom is 0.131 e. The molecule has 0 aliphatic heterocycles. The molecule has 2 aromatic rings. The van der Waals surface area contributed by atoms with Crippen LogP contribution in [0.3, 0.4) is 0 Å². The molecule has 0 unspecified atom stereocenters. The van der Waals surface area contributed by atoms with Crippen LogP contribution in [0, 0.1) is 11.6 Å². The molecule has 2 rings (SSSR count). The highest BCUT2D eigenvalue weighted by Gasteiger charge is 2.01. The molecule has 86 valence electrons. The molecule has 0 radical (unpaired) electrons. The highest BCUT2D eigenvalue weighted by molar-refractivity contribution is 5.76. The first kappa shape index (κ1) is 11.5. The largest absolute Gasteiger partial charge is 0.207 e. The van der Waals surface area contributed by atoms with E-state index in [0.29, 0.717) is 5.56 Å². The van der Waals surface area contributed by atoms with Crippen LogP contribution in [-0.2, 0) is 0 Å². The van der Waals surface area contributed by atoms with Crippen molar-refractivity contribution in [2.75, 3.05) is 0 Å². The van der Waals surface area contributed by atoms with Crippen LogP contribution in [0.2, 0.25) is 0 Å². The van der Waals surface area contributed by atoms with Gasteiger partial charge in [0.25, 0.3) is 0 Å². The first-order valence-electron chi connectivity index (χ1n) is 5.04. The summed E-state index contributed by atoms with van der Waals surface area (Å²) in [5.74, 6) is -1.27. The average Bonchev–Trinajstić information content (AvgIpc) is 2.33. The van der Waals surface area contributed by atoms with Gasteiger partial charge in [0.05, 0.1) is 0 Å². The number of benzene rings is 2. The minimum Gasteiger partial charge on any atom is -0.207 e. The maximum atomic E-state index is 13.7. The van der Waals surface area contributed by atoms with Crippen molar-refractivity contribution in [1.29, 1.82) is 0 Å². The van der Waals surface area contributed by atoms with Gasteiger partial charge in [-0.2, -0.15) is 0 Å². The Kier molecular flexibility index (Phi) is 3.28. The van der Waals surface area contributed by atoms with Gasteiger partial charge in [-0.1, -0.05) is 12.1 Å². The first-order chi connectivity index (χ1) is 8.15. The van der Waals surface area contributed by atoms with Gasteiger partial charge in [0, 0.05) is 5.56 Å². The second-order valence-corrected chi connectivity index (χ2v) is 3.55. The summed E-state index contributed by atoms with van der Waals surface area (Å²) in [4.78, 5) is 0. The van der Waals surface area contributed by atoms with Crippen LogP contribution in [0.15, 0.2) is 48.5 Å². The predicted octanol–water partition coefficient (Wildman–Crippen LogP) is 4.43.